The van der Waals surface area contributed by atoms with Crippen molar-refractivity contribution < 1.29 is 4.79 Å². The molecular weight excluding hydrogens is 284 g/mol. The van der Waals surface area contributed by atoms with Gasteiger partial charge in [-0.3, -0.25) is 4.79 Å². The van der Waals surface area contributed by atoms with Crippen LogP contribution in [0.5, 0.6) is 0 Å². The zero-order chi connectivity index (χ0) is 15.2. The third-order valence-corrected chi connectivity index (χ3v) is 3.43. The minimum atomic E-state index is -1.04. The van der Waals surface area contributed by atoms with E-state index >= 15 is 0 Å². The van der Waals surface area contributed by atoms with Crippen LogP contribution in [0.25, 0.3) is 0 Å². The Bertz CT molecular complexity index is 711. The van der Waals surface area contributed by atoms with Gasteiger partial charge in [0.05, 0.1) is 18.1 Å². The number of carbonyl (C=O) groups excluding carboxylic acids is 1. The van der Waals surface area contributed by atoms with Crippen LogP contribution in [0.4, 0.5) is 0 Å². The molecule has 2 aromatic carbocycles. The molecule has 0 heterocycles. The van der Waals surface area contributed by atoms with Crippen molar-refractivity contribution in [3.05, 3.63) is 70.7 Å². The van der Waals surface area contributed by atoms with Crippen molar-refractivity contribution in [3.63, 3.8) is 0 Å². The van der Waals surface area contributed by atoms with E-state index in [4.69, 9.17) is 11.6 Å². The van der Waals surface area contributed by atoms with E-state index < -0.39 is 11.8 Å². The number of halogens is 1. The van der Waals surface area contributed by atoms with E-state index in [1.165, 1.54) is 0 Å². The standard InChI is InChI=1S/C17H11ClN2O/c18-14-8-6-12(7-9-14)15(10-19)16(11-20)17(21)13-4-2-1-3-5-13/h1-9,15-16H. The van der Waals surface area contributed by atoms with Gasteiger partial charge in [-0.15, -0.1) is 0 Å². The molecule has 21 heavy (non-hydrogen) atoms. The summed E-state index contributed by atoms with van der Waals surface area (Å²) in [4.78, 5) is 12.4. The molecule has 0 saturated heterocycles. The maximum absolute atomic E-state index is 12.4. The predicted octanol–water partition coefficient (Wildman–Crippen LogP) is 3.97. The Hall–Kier alpha value is -2.62. The highest BCUT2D eigenvalue weighted by molar-refractivity contribution is 6.30. The van der Waals surface area contributed by atoms with Gasteiger partial charge in [0.15, 0.2) is 5.78 Å². The molecule has 0 radical (unpaired) electrons. The van der Waals surface area contributed by atoms with Crippen LogP contribution >= 0.6 is 11.6 Å². The van der Waals surface area contributed by atoms with Crippen molar-refractivity contribution in [1.29, 1.82) is 10.5 Å². The van der Waals surface area contributed by atoms with Crippen molar-refractivity contribution >= 4 is 17.4 Å². The maximum atomic E-state index is 12.4. The van der Waals surface area contributed by atoms with E-state index in [9.17, 15) is 15.3 Å². The van der Waals surface area contributed by atoms with Crippen molar-refractivity contribution in [2.24, 2.45) is 5.92 Å². The Morgan fingerprint density at radius 1 is 0.952 bits per heavy atom. The van der Waals surface area contributed by atoms with E-state index in [1.807, 2.05) is 6.07 Å². The topological polar surface area (TPSA) is 64.7 Å². The Labute approximate surface area is 128 Å². The van der Waals surface area contributed by atoms with Gasteiger partial charge in [-0.05, 0) is 17.7 Å². The first-order valence-electron chi connectivity index (χ1n) is 6.31. The number of hydrogen-bond donors (Lipinski definition) is 0. The Morgan fingerprint density at radius 3 is 2.10 bits per heavy atom. The summed E-state index contributed by atoms with van der Waals surface area (Å²) in [7, 11) is 0. The molecule has 0 saturated carbocycles. The summed E-state index contributed by atoms with van der Waals surface area (Å²) in [6.07, 6.45) is 0. The quantitative estimate of drug-likeness (QED) is 0.801. The summed E-state index contributed by atoms with van der Waals surface area (Å²) in [6.45, 7) is 0. The lowest BCUT2D eigenvalue weighted by Gasteiger charge is -2.15. The van der Waals surface area contributed by atoms with Gasteiger partial charge in [-0.1, -0.05) is 54.1 Å². The van der Waals surface area contributed by atoms with Crippen LogP contribution in [0.2, 0.25) is 5.02 Å². The molecule has 0 aromatic heterocycles. The number of nitrogens with zero attached hydrogens (tertiary/aromatic N) is 2. The summed E-state index contributed by atoms with van der Waals surface area (Å²) in [6, 6.07) is 19.2. The molecule has 0 aliphatic carbocycles. The molecule has 0 amide bonds. The fourth-order valence-corrected chi connectivity index (χ4v) is 2.20. The first kappa shape index (κ1) is 14.8. The van der Waals surface area contributed by atoms with Crippen LogP contribution < -0.4 is 0 Å². The molecule has 0 fully saturated rings. The lowest BCUT2D eigenvalue weighted by Crippen LogP contribution is -2.20. The van der Waals surface area contributed by atoms with E-state index in [0.29, 0.717) is 16.1 Å². The van der Waals surface area contributed by atoms with E-state index in [0.717, 1.165) is 0 Å². The first-order valence-corrected chi connectivity index (χ1v) is 6.69. The lowest BCUT2D eigenvalue weighted by molar-refractivity contribution is 0.0942. The Kier molecular flexibility index (Phi) is 4.72. The van der Waals surface area contributed by atoms with Crippen LogP contribution in [-0.2, 0) is 0 Å². The largest absolute Gasteiger partial charge is 0.293 e. The van der Waals surface area contributed by atoms with Gasteiger partial charge >= 0.3 is 0 Å². The van der Waals surface area contributed by atoms with E-state index in [2.05, 4.69) is 6.07 Å². The summed E-state index contributed by atoms with van der Waals surface area (Å²) >= 11 is 5.82. The predicted molar refractivity (Wildman–Crippen MR) is 79.7 cm³/mol. The maximum Gasteiger partial charge on any atom is 0.181 e. The zero-order valence-electron chi connectivity index (χ0n) is 11.0. The third-order valence-electron chi connectivity index (χ3n) is 3.18. The van der Waals surface area contributed by atoms with Crippen LogP contribution in [0, 0.1) is 28.6 Å². The van der Waals surface area contributed by atoms with Crippen LogP contribution in [0.3, 0.4) is 0 Å². The molecular formula is C17H11ClN2O. The number of carbonyl (C=O) groups is 1. The van der Waals surface area contributed by atoms with Crippen LogP contribution in [0.15, 0.2) is 54.6 Å². The van der Waals surface area contributed by atoms with Gasteiger partial charge in [-0.2, -0.15) is 10.5 Å². The number of benzene rings is 2. The second kappa shape index (κ2) is 6.70. The van der Waals surface area contributed by atoms with Crippen LogP contribution in [-0.4, -0.2) is 5.78 Å². The highest BCUT2D eigenvalue weighted by atomic mass is 35.5. The normalized spacial score (nSPS) is 12.7. The fourth-order valence-electron chi connectivity index (χ4n) is 2.08. The highest BCUT2D eigenvalue weighted by Crippen LogP contribution is 2.27. The molecule has 3 nitrogen and oxygen atoms in total. The third kappa shape index (κ3) is 3.28. The minimum Gasteiger partial charge on any atom is -0.293 e. The van der Waals surface area contributed by atoms with Crippen molar-refractivity contribution in [2.75, 3.05) is 0 Å². The molecule has 2 aromatic rings. The fraction of sp³-hybridized carbons (Fsp3) is 0.118. The van der Waals surface area contributed by atoms with Crippen molar-refractivity contribution in [3.8, 4) is 12.1 Å². The van der Waals surface area contributed by atoms with E-state index in [1.54, 1.807) is 54.6 Å². The highest BCUT2D eigenvalue weighted by Gasteiger charge is 2.30. The SMILES string of the molecule is N#CC(C(=O)c1ccccc1)C(C#N)c1ccc(Cl)cc1. The van der Waals surface area contributed by atoms with Crippen molar-refractivity contribution in [1.82, 2.24) is 0 Å². The molecule has 2 atom stereocenters. The molecule has 2 rings (SSSR count). The lowest BCUT2D eigenvalue weighted by atomic mass is 9.83. The number of rotatable bonds is 4. The monoisotopic (exact) mass is 294 g/mol. The van der Waals surface area contributed by atoms with E-state index in [-0.39, 0.29) is 5.78 Å². The number of nitriles is 2. The Morgan fingerprint density at radius 2 is 1.57 bits per heavy atom. The first-order chi connectivity index (χ1) is 10.2. The molecule has 102 valence electrons. The molecule has 2 unspecified atom stereocenters. The number of Topliss-reactive ketones (excluding diaryl/α,β-unsaturated/α-hetero) is 1. The number of hydrogen-bond acceptors (Lipinski definition) is 3. The Balaban J connectivity index is 2.35. The second-order valence-corrected chi connectivity index (χ2v) is 4.93. The molecule has 0 aliphatic rings. The second-order valence-electron chi connectivity index (χ2n) is 4.50. The van der Waals surface area contributed by atoms with Gasteiger partial charge in [0.2, 0.25) is 0 Å². The minimum absolute atomic E-state index is 0.348. The van der Waals surface area contributed by atoms with Crippen molar-refractivity contribution in [2.45, 2.75) is 5.92 Å². The van der Waals surface area contributed by atoms with Gasteiger partial charge in [0, 0.05) is 10.6 Å². The number of ketones is 1. The molecule has 0 aliphatic heterocycles. The van der Waals surface area contributed by atoms with Gasteiger partial charge < -0.3 is 0 Å². The summed E-state index contributed by atoms with van der Waals surface area (Å²) in [5.41, 5.74) is 1.04. The van der Waals surface area contributed by atoms with Crippen LogP contribution in [0.1, 0.15) is 21.8 Å². The summed E-state index contributed by atoms with van der Waals surface area (Å²) in [5.74, 6) is -2.21. The molecule has 0 spiro atoms. The zero-order valence-corrected chi connectivity index (χ0v) is 11.8. The van der Waals surface area contributed by atoms with Gasteiger partial charge in [-0.25, -0.2) is 0 Å². The average Bonchev–Trinajstić information content (AvgIpc) is 2.54. The van der Waals surface area contributed by atoms with Gasteiger partial charge in [0.25, 0.3) is 0 Å². The summed E-state index contributed by atoms with van der Waals surface area (Å²) < 4.78 is 0. The average molecular weight is 295 g/mol. The molecule has 4 heteroatoms. The van der Waals surface area contributed by atoms with Gasteiger partial charge in [0.1, 0.15) is 5.92 Å². The smallest absolute Gasteiger partial charge is 0.181 e. The molecule has 0 bridgehead atoms. The summed E-state index contributed by atoms with van der Waals surface area (Å²) in [5, 5.41) is 19.2. The molecule has 0 N–H and O–H groups in total.